The summed E-state index contributed by atoms with van der Waals surface area (Å²) in [5.41, 5.74) is -2.30. The highest BCUT2D eigenvalue weighted by molar-refractivity contribution is 5.90. The van der Waals surface area contributed by atoms with Crippen LogP contribution >= 0.6 is 0 Å². The second-order valence-electron chi connectivity index (χ2n) is 5.49. The van der Waals surface area contributed by atoms with Crippen LogP contribution < -0.4 is 5.11 Å². The highest BCUT2D eigenvalue weighted by atomic mass is 16.4. The van der Waals surface area contributed by atoms with Crippen LogP contribution in [0.25, 0.3) is 0 Å². The molecule has 18 heavy (non-hydrogen) atoms. The van der Waals surface area contributed by atoms with Gasteiger partial charge in [-0.3, -0.25) is 4.79 Å². The summed E-state index contributed by atoms with van der Waals surface area (Å²) in [5, 5.41) is 31.0. The Bertz CT molecular complexity index is 310. The van der Waals surface area contributed by atoms with Crippen LogP contribution in [0.1, 0.15) is 32.6 Å². The Balaban J connectivity index is 5.17. The molecular weight excluding hydrogens is 238 g/mol. The summed E-state index contributed by atoms with van der Waals surface area (Å²) in [7, 11) is 4.70. The SMILES string of the molecule is CCCCC(=O)C(O)(CC(=O)[O-])C(O)[N+](C)(C)C. The Labute approximate surface area is 107 Å². The smallest absolute Gasteiger partial charge is 0.227 e. The van der Waals surface area contributed by atoms with E-state index in [4.69, 9.17) is 0 Å². The molecule has 0 fully saturated rings. The maximum absolute atomic E-state index is 11.9. The largest absolute Gasteiger partial charge is 0.550 e. The number of carbonyl (C=O) groups is 2. The normalized spacial score (nSPS) is 17.0. The van der Waals surface area contributed by atoms with Gasteiger partial charge >= 0.3 is 0 Å². The zero-order chi connectivity index (χ0) is 14.6. The zero-order valence-electron chi connectivity index (χ0n) is 11.5. The van der Waals surface area contributed by atoms with Crippen molar-refractivity contribution in [1.82, 2.24) is 0 Å². The van der Waals surface area contributed by atoms with Crippen LogP contribution in [0.3, 0.4) is 0 Å². The van der Waals surface area contributed by atoms with Crippen molar-refractivity contribution in [2.75, 3.05) is 21.1 Å². The quantitative estimate of drug-likeness (QED) is 0.415. The first-order valence-corrected chi connectivity index (χ1v) is 6.00. The number of carboxylic acids is 1. The van der Waals surface area contributed by atoms with Crippen LogP contribution in [0.4, 0.5) is 0 Å². The van der Waals surface area contributed by atoms with E-state index in [1.807, 2.05) is 6.92 Å². The van der Waals surface area contributed by atoms with Gasteiger partial charge in [-0.1, -0.05) is 13.3 Å². The van der Waals surface area contributed by atoms with E-state index in [1.165, 1.54) is 0 Å². The van der Waals surface area contributed by atoms with Crippen molar-refractivity contribution < 1.29 is 29.4 Å². The maximum Gasteiger partial charge on any atom is 0.227 e. The van der Waals surface area contributed by atoms with Crippen molar-refractivity contribution in [3.8, 4) is 0 Å². The fourth-order valence-electron chi connectivity index (χ4n) is 1.75. The Hall–Kier alpha value is -0.980. The molecule has 106 valence electrons. The molecule has 0 spiro atoms. The maximum atomic E-state index is 11.9. The molecule has 0 aromatic heterocycles. The summed E-state index contributed by atoms with van der Waals surface area (Å²) in [6.45, 7) is 1.88. The molecule has 0 aliphatic heterocycles. The third kappa shape index (κ3) is 4.36. The topological polar surface area (TPSA) is 97.7 Å². The molecule has 0 aromatic rings. The van der Waals surface area contributed by atoms with E-state index in [2.05, 4.69) is 0 Å². The lowest BCUT2D eigenvalue weighted by atomic mass is 9.88. The van der Waals surface area contributed by atoms with Gasteiger partial charge < -0.3 is 24.6 Å². The van der Waals surface area contributed by atoms with E-state index in [-0.39, 0.29) is 10.9 Å². The first kappa shape index (κ1) is 17.0. The van der Waals surface area contributed by atoms with Gasteiger partial charge in [0.15, 0.2) is 5.78 Å². The minimum Gasteiger partial charge on any atom is -0.550 e. The molecule has 0 rings (SSSR count). The molecule has 0 amide bonds. The lowest BCUT2D eigenvalue weighted by Crippen LogP contribution is -2.63. The van der Waals surface area contributed by atoms with Crippen molar-refractivity contribution in [2.24, 2.45) is 0 Å². The van der Waals surface area contributed by atoms with Gasteiger partial charge in [0.25, 0.3) is 0 Å². The van der Waals surface area contributed by atoms with Crippen LogP contribution in [0.15, 0.2) is 0 Å². The third-order valence-electron chi connectivity index (χ3n) is 2.81. The van der Waals surface area contributed by atoms with Crippen LogP contribution in [-0.2, 0) is 9.59 Å². The van der Waals surface area contributed by atoms with Crippen LogP contribution in [-0.4, -0.2) is 59.4 Å². The standard InChI is InChI=1S/C12H23NO5/c1-5-6-7-9(14)12(18,8-10(15)16)11(17)13(2,3)4/h11,17-18H,5-8H2,1-4H3. The number of hydrogen-bond donors (Lipinski definition) is 2. The van der Waals surface area contributed by atoms with Gasteiger partial charge in [0.2, 0.25) is 11.8 Å². The van der Waals surface area contributed by atoms with E-state index >= 15 is 0 Å². The van der Waals surface area contributed by atoms with Gasteiger partial charge in [0.1, 0.15) is 0 Å². The number of carboxylic acid groups (broad SMARTS) is 1. The van der Waals surface area contributed by atoms with E-state index in [9.17, 15) is 24.9 Å². The van der Waals surface area contributed by atoms with E-state index in [1.54, 1.807) is 21.1 Å². The predicted octanol–water partition coefficient (Wildman–Crippen LogP) is -1.36. The van der Waals surface area contributed by atoms with Crippen LogP contribution in [0.5, 0.6) is 0 Å². The highest BCUT2D eigenvalue weighted by Gasteiger charge is 2.49. The molecule has 0 radical (unpaired) electrons. The average Bonchev–Trinajstić information content (AvgIpc) is 2.22. The van der Waals surface area contributed by atoms with Crippen LogP contribution in [0, 0.1) is 0 Å². The lowest BCUT2D eigenvalue weighted by Gasteiger charge is -2.40. The summed E-state index contributed by atoms with van der Waals surface area (Å²) >= 11 is 0. The zero-order valence-corrected chi connectivity index (χ0v) is 11.5. The molecule has 0 aliphatic carbocycles. The molecule has 2 unspecified atom stereocenters. The number of quaternary nitrogens is 1. The summed E-state index contributed by atoms with van der Waals surface area (Å²) in [6, 6.07) is 0. The molecule has 0 saturated carbocycles. The van der Waals surface area contributed by atoms with Crippen molar-refractivity contribution in [2.45, 2.75) is 44.4 Å². The molecule has 0 heterocycles. The summed E-state index contributed by atoms with van der Waals surface area (Å²) in [6.07, 6.45) is -1.09. The van der Waals surface area contributed by atoms with Crippen molar-refractivity contribution in [1.29, 1.82) is 0 Å². The van der Waals surface area contributed by atoms with Gasteiger partial charge in [-0.15, -0.1) is 0 Å². The van der Waals surface area contributed by atoms with Gasteiger partial charge in [-0.25, -0.2) is 0 Å². The van der Waals surface area contributed by atoms with Crippen molar-refractivity contribution >= 4 is 11.8 Å². The molecular formula is C12H23NO5. The molecule has 0 aliphatic rings. The Morgan fingerprint density at radius 3 is 2.17 bits per heavy atom. The van der Waals surface area contributed by atoms with Gasteiger partial charge in [-0.05, 0) is 6.42 Å². The molecule has 0 aromatic carbocycles. The number of aliphatic hydroxyl groups is 2. The van der Waals surface area contributed by atoms with Gasteiger partial charge in [-0.2, -0.15) is 0 Å². The number of nitrogens with zero attached hydrogens (tertiary/aromatic N) is 1. The Morgan fingerprint density at radius 2 is 1.83 bits per heavy atom. The van der Waals surface area contributed by atoms with Crippen molar-refractivity contribution in [3.05, 3.63) is 0 Å². The first-order valence-electron chi connectivity index (χ1n) is 6.00. The highest BCUT2D eigenvalue weighted by Crippen LogP contribution is 2.24. The van der Waals surface area contributed by atoms with Gasteiger partial charge in [0, 0.05) is 18.8 Å². The number of rotatable bonds is 8. The van der Waals surface area contributed by atoms with Gasteiger partial charge in [0.05, 0.1) is 21.1 Å². The lowest BCUT2D eigenvalue weighted by molar-refractivity contribution is -0.925. The molecule has 2 atom stereocenters. The van der Waals surface area contributed by atoms with E-state index < -0.39 is 30.0 Å². The summed E-state index contributed by atoms with van der Waals surface area (Å²) in [4.78, 5) is 22.6. The number of hydrogen-bond acceptors (Lipinski definition) is 5. The number of ketones is 1. The minimum atomic E-state index is -2.30. The predicted molar refractivity (Wildman–Crippen MR) is 63.1 cm³/mol. The second-order valence-corrected chi connectivity index (χ2v) is 5.49. The molecule has 6 heteroatoms. The molecule has 6 nitrogen and oxygen atoms in total. The summed E-state index contributed by atoms with van der Waals surface area (Å²) in [5.74, 6) is -2.22. The minimum absolute atomic E-state index is 0.0390. The van der Waals surface area contributed by atoms with Crippen molar-refractivity contribution in [3.63, 3.8) is 0 Å². The van der Waals surface area contributed by atoms with Crippen LogP contribution in [0.2, 0.25) is 0 Å². The fourth-order valence-corrected chi connectivity index (χ4v) is 1.75. The molecule has 2 N–H and O–H groups in total. The number of likely N-dealkylation sites (N-methyl/N-ethyl adjacent to an activating group) is 1. The molecule has 0 bridgehead atoms. The average molecular weight is 261 g/mol. The number of carbonyl (C=O) groups excluding carboxylic acids is 2. The van der Waals surface area contributed by atoms with E-state index in [0.717, 1.165) is 6.42 Å². The fraction of sp³-hybridized carbons (Fsp3) is 0.833. The molecule has 0 saturated heterocycles. The number of Topliss-reactive ketones (excluding diaryl/α,β-unsaturated/α-hetero) is 1. The Kier molecular flexibility index (Phi) is 5.92. The van der Waals surface area contributed by atoms with E-state index in [0.29, 0.717) is 6.42 Å². The summed E-state index contributed by atoms with van der Waals surface area (Å²) < 4.78 is -0.137. The number of unbranched alkanes of at least 4 members (excludes halogenated alkanes) is 1. The second kappa shape index (κ2) is 6.26. The monoisotopic (exact) mass is 261 g/mol. The third-order valence-corrected chi connectivity index (χ3v) is 2.81. The Morgan fingerprint density at radius 1 is 1.33 bits per heavy atom. The number of aliphatic hydroxyl groups excluding tert-OH is 1. The first-order chi connectivity index (χ1) is 8.05. The number of aliphatic carboxylic acids is 1.